The van der Waals surface area contributed by atoms with E-state index < -0.39 is 32.5 Å². The Balaban J connectivity index is 4.08. The molecule has 0 spiro atoms. The quantitative estimate of drug-likeness (QED) is 0.0264. The van der Waals surface area contributed by atoms with E-state index in [-0.39, 0.29) is 32.6 Å². The van der Waals surface area contributed by atoms with Gasteiger partial charge in [-0.2, -0.15) is 0 Å². The van der Waals surface area contributed by atoms with E-state index in [1.165, 1.54) is 0 Å². The summed E-state index contributed by atoms with van der Waals surface area (Å²) >= 11 is 0. The molecule has 0 rings (SSSR count). The third-order valence-electron chi connectivity index (χ3n) is 10.8. The van der Waals surface area contributed by atoms with E-state index in [2.05, 4.69) is 196 Å². The molecule has 10 heteroatoms. The molecule has 0 heterocycles. The van der Waals surface area contributed by atoms with Crippen LogP contribution >= 0.6 is 7.82 Å². The van der Waals surface area contributed by atoms with Gasteiger partial charge in [0.1, 0.15) is 6.61 Å². The Bertz CT molecular complexity index is 1870. The number of hydrogen-bond acceptors (Lipinski definition) is 8. The Kier molecular flexibility index (Phi) is 54.6. The van der Waals surface area contributed by atoms with Crippen LogP contribution in [0.25, 0.3) is 0 Å². The first-order chi connectivity index (χ1) is 36.8. The molecule has 0 radical (unpaired) electrons. The standard InChI is InChI=1S/C65H100NO8P/c1-3-5-7-9-11-13-15-17-18-19-20-21-22-23-24-25-26-27-28-29-30-31-32-33-34-35-36-37-38-39-40-41-42-43-44-46-48-50-52-54-56-58-65(68)74-63(62-73-75(69,70)72-60-59-66)61-71-64(67)57-55-53-51-49-47-45-16-14-12-10-8-6-4-2/h5-8,11-14,17-18,20-21,23-24,26-27,29-30,32-33,35-36,38-39,41-42,44-47,63H,3-4,9-10,15-16,19,22,25,28,31,34,37,40,43,48-62,66H2,1-2H3,(H,69,70)/b7-5-,8-6-,13-11-,14-12-,18-17-,21-20-,24-23-,27-26-,30-29-,33-32-,36-35-,39-38-,42-41-,46-44-,47-45-. The van der Waals surface area contributed by atoms with Crippen molar-refractivity contribution in [2.45, 2.75) is 187 Å². The number of unbranched alkanes of at least 4 members (excludes halogenated alkanes) is 7. The van der Waals surface area contributed by atoms with Gasteiger partial charge in [-0.25, -0.2) is 4.57 Å². The molecule has 0 amide bonds. The summed E-state index contributed by atoms with van der Waals surface area (Å²) in [4.78, 5) is 35.0. The van der Waals surface area contributed by atoms with Gasteiger partial charge in [0.15, 0.2) is 6.10 Å². The highest BCUT2D eigenvalue weighted by atomic mass is 31.2. The van der Waals surface area contributed by atoms with E-state index in [4.69, 9.17) is 24.3 Å². The fourth-order valence-corrected chi connectivity index (χ4v) is 7.45. The number of rotatable bonds is 50. The maximum atomic E-state index is 12.7. The predicted molar refractivity (Wildman–Crippen MR) is 320 cm³/mol. The van der Waals surface area contributed by atoms with Gasteiger partial charge in [0.25, 0.3) is 0 Å². The van der Waals surface area contributed by atoms with Crippen LogP contribution in [0.5, 0.6) is 0 Å². The van der Waals surface area contributed by atoms with Crippen LogP contribution in [0, 0.1) is 0 Å². The summed E-state index contributed by atoms with van der Waals surface area (Å²) in [7, 11) is -4.41. The third kappa shape index (κ3) is 58.2. The van der Waals surface area contributed by atoms with Crippen LogP contribution in [-0.4, -0.2) is 49.3 Å². The van der Waals surface area contributed by atoms with E-state index in [0.29, 0.717) is 12.8 Å². The van der Waals surface area contributed by atoms with Gasteiger partial charge in [-0.05, 0) is 135 Å². The lowest BCUT2D eigenvalue weighted by Gasteiger charge is -2.19. The minimum absolute atomic E-state index is 0.0345. The Morgan fingerprint density at radius 2 is 0.693 bits per heavy atom. The second kappa shape index (κ2) is 58.4. The monoisotopic (exact) mass is 1050 g/mol. The van der Waals surface area contributed by atoms with E-state index in [9.17, 15) is 19.0 Å². The molecule has 0 saturated heterocycles. The Morgan fingerprint density at radius 3 is 1.03 bits per heavy atom. The van der Waals surface area contributed by atoms with Crippen LogP contribution in [0.15, 0.2) is 182 Å². The highest BCUT2D eigenvalue weighted by Gasteiger charge is 2.26. The molecule has 0 aromatic rings. The van der Waals surface area contributed by atoms with Gasteiger partial charge >= 0.3 is 19.8 Å². The SMILES string of the molecule is CC/C=C\C/C=C\C/C=C\C/C=C\C/C=C\C/C=C\C/C=C\C/C=C\C/C=C\C/C=C\C/C=C\C/C=C\CCCCCCC(=O)OC(COC(=O)CCCCC/C=C\C/C=C\C/C=C\CC)COP(=O)(O)OCCN. The Hall–Kier alpha value is -4.89. The minimum Gasteiger partial charge on any atom is -0.462 e. The molecule has 0 bridgehead atoms. The van der Waals surface area contributed by atoms with Gasteiger partial charge in [-0.15, -0.1) is 0 Å². The van der Waals surface area contributed by atoms with Crippen LogP contribution < -0.4 is 5.73 Å². The third-order valence-corrected chi connectivity index (χ3v) is 11.8. The van der Waals surface area contributed by atoms with Gasteiger partial charge in [-0.1, -0.05) is 215 Å². The topological polar surface area (TPSA) is 134 Å². The lowest BCUT2D eigenvalue weighted by atomic mass is 10.1. The van der Waals surface area contributed by atoms with E-state index >= 15 is 0 Å². The van der Waals surface area contributed by atoms with Gasteiger partial charge in [-0.3, -0.25) is 18.6 Å². The lowest BCUT2D eigenvalue weighted by Crippen LogP contribution is -2.29. The summed E-state index contributed by atoms with van der Waals surface area (Å²) in [6.45, 7) is 3.40. The molecule has 0 aromatic heterocycles. The van der Waals surface area contributed by atoms with Gasteiger partial charge < -0.3 is 20.1 Å². The largest absolute Gasteiger partial charge is 0.472 e. The fraction of sp³-hybridized carbons (Fsp3) is 0.508. The van der Waals surface area contributed by atoms with Crippen LogP contribution in [0.2, 0.25) is 0 Å². The zero-order valence-electron chi connectivity index (χ0n) is 46.4. The molecule has 9 nitrogen and oxygen atoms in total. The highest BCUT2D eigenvalue weighted by molar-refractivity contribution is 7.47. The predicted octanol–water partition coefficient (Wildman–Crippen LogP) is 18.1. The fourth-order valence-electron chi connectivity index (χ4n) is 6.69. The van der Waals surface area contributed by atoms with Gasteiger partial charge in [0, 0.05) is 19.4 Å². The summed E-state index contributed by atoms with van der Waals surface area (Å²) in [6, 6.07) is 0. The number of carbonyl (C=O) groups is 2. The van der Waals surface area contributed by atoms with Crippen molar-refractivity contribution in [3.05, 3.63) is 182 Å². The minimum atomic E-state index is -4.41. The molecular weight excluding hydrogens is 954 g/mol. The van der Waals surface area contributed by atoms with Crippen LogP contribution in [0.1, 0.15) is 181 Å². The molecule has 3 N–H and O–H groups in total. The first kappa shape index (κ1) is 70.1. The molecule has 0 aliphatic carbocycles. The van der Waals surface area contributed by atoms with Crippen molar-refractivity contribution in [2.75, 3.05) is 26.4 Å². The van der Waals surface area contributed by atoms with Crippen molar-refractivity contribution < 1.29 is 37.6 Å². The smallest absolute Gasteiger partial charge is 0.462 e. The van der Waals surface area contributed by atoms with Crippen LogP contribution in [0.4, 0.5) is 0 Å². The molecule has 0 aromatic carbocycles. The second-order valence-electron chi connectivity index (χ2n) is 17.7. The van der Waals surface area contributed by atoms with Crippen LogP contribution in [0.3, 0.4) is 0 Å². The normalized spacial score (nSPS) is 14.5. The maximum Gasteiger partial charge on any atom is 0.472 e. The maximum absolute atomic E-state index is 12.7. The Labute approximate surface area is 456 Å². The highest BCUT2D eigenvalue weighted by Crippen LogP contribution is 2.43. The number of phosphoric acid groups is 1. The molecule has 0 aliphatic heterocycles. The number of phosphoric ester groups is 1. The molecule has 0 saturated carbocycles. The average molecular weight is 1050 g/mol. The number of allylic oxidation sites excluding steroid dienone is 30. The van der Waals surface area contributed by atoms with Crippen LogP contribution in [-0.2, 0) is 32.7 Å². The van der Waals surface area contributed by atoms with Crippen molar-refractivity contribution in [1.82, 2.24) is 0 Å². The summed E-state index contributed by atoms with van der Waals surface area (Å²) in [5, 5.41) is 0. The number of hydrogen-bond donors (Lipinski definition) is 2. The van der Waals surface area contributed by atoms with Crippen molar-refractivity contribution in [1.29, 1.82) is 0 Å². The van der Waals surface area contributed by atoms with E-state index in [1.807, 2.05) is 0 Å². The zero-order valence-corrected chi connectivity index (χ0v) is 47.3. The van der Waals surface area contributed by atoms with E-state index in [1.54, 1.807) is 0 Å². The lowest BCUT2D eigenvalue weighted by molar-refractivity contribution is -0.161. The van der Waals surface area contributed by atoms with Gasteiger partial charge in [0.05, 0.1) is 13.2 Å². The summed E-state index contributed by atoms with van der Waals surface area (Å²) in [6.07, 6.45) is 88.2. The first-order valence-electron chi connectivity index (χ1n) is 28.3. The Morgan fingerprint density at radius 1 is 0.400 bits per heavy atom. The van der Waals surface area contributed by atoms with Crippen molar-refractivity contribution >= 4 is 19.8 Å². The molecule has 2 atom stereocenters. The van der Waals surface area contributed by atoms with Crippen molar-refractivity contribution in [3.8, 4) is 0 Å². The summed E-state index contributed by atoms with van der Waals surface area (Å²) < 4.78 is 32.8. The molecule has 2 unspecified atom stereocenters. The molecule has 0 fully saturated rings. The summed E-state index contributed by atoms with van der Waals surface area (Å²) in [5.74, 6) is -0.911. The molecule has 418 valence electrons. The molecule has 0 aliphatic rings. The van der Waals surface area contributed by atoms with Crippen molar-refractivity contribution in [3.63, 3.8) is 0 Å². The summed E-state index contributed by atoms with van der Waals surface area (Å²) in [5.41, 5.74) is 5.36. The molecular formula is C65H100NO8P. The molecule has 75 heavy (non-hydrogen) atoms. The second-order valence-corrected chi connectivity index (χ2v) is 19.1. The number of ether oxygens (including phenoxy) is 2. The zero-order chi connectivity index (χ0) is 54.5. The van der Waals surface area contributed by atoms with E-state index in [0.717, 1.165) is 141 Å². The van der Waals surface area contributed by atoms with Gasteiger partial charge in [0.2, 0.25) is 0 Å². The number of carbonyl (C=O) groups excluding carboxylic acids is 2. The average Bonchev–Trinajstić information content (AvgIpc) is 3.40. The van der Waals surface area contributed by atoms with Crippen molar-refractivity contribution in [2.24, 2.45) is 5.73 Å². The number of nitrogens with two attached hydrogens (primary N) is 1. The number of esters is 2. The first-order valence-corrected chi connectivity index (χ1v) is 29.8.